The van der Waals surface area contributed by atoms with Gasteiger partial charge in [0.25, 0.3) is 0 Å². The van der Waals surface area contributed by atoms with Crippen molar-refractivity contribution < 1.29 is 0 Å². The Bertz CT molecular complexity index is 193. The van der Waals surface area contributed by atoms with E-state index in [1.54, 1.807) is 0 Å². The molecule has 1 aromatic rings. The van der Waals surface area contributed by atoms with Gasteiger partial charge in [-0.1, -0.05) is 24.3 Å². The molecule has 0 saturated carbocycles. The first-order valence-corrected chi connectivity index (χ1v) is 3.27. The Kier molecular flexibility index (Phi) is 3.57. The highest BCUT2D eigenvalue weighted by molar-refractivity contribution is 5.11. The minimum Gasteiger partial charge on any atom is -0.136 e. The molecule has 0 atom stereocenters. The standard InChI is InChI=1S/C5H6.C2H2N4/c1-2-4-5-3-1;1-2-4-6-5-3-1/h1-4H,5H2;1-2H. The van der Waals surface area contributed by atoms with Crippen molar-refractivity contribution in [2.75, 3.05) is 0 Å². The zero-order valence-electron chi connectivity index (χ0n) is 5.96. The van der Waals surface area contributed by atoms with Crippen LogP contribution in [0.4, 0.5) is 0 Å². The molecule has 0 N–H and O–H groups in total. The lowest BCUT2D eigenvalue weighted by atomic mass is 10.5. The van der Waals surface area contributed by atoms with Crippen molar-refractivity contribution in [3.63, 3.8) is 0 Å². The van der Waals surface area contributed by atoms with Gasteiger partial charge in [0.2, 0.25) is 0 Å². The van der Waals surface area contributed by atoms with Gasteiger partial charge < -0.3 is 0 Å². The third-order valence-electron chi connectivity index (χ3n) is 0.999. The first kappa shape index (κ1) is 7.53. The Morgan fingerprint density at radius 3 is 1.55 bits per heavy atom. The SMILES string of the molecule is C1=CCC=C1.c1cnnnn1. The van der Waals surface area contributed by atoms with Gasteiger partial charge in [0.1, 0.15) is 0 Å². The summed E-state index contributed by atoms with van der Waals surface area (Å²) in [5.74, 6) is 0. The molecule has 4 heteroatoms. The summed E-state index contributed by atoms with van der Waals surface area (Å²) in [7, 11) is 0. The molecule has 56 valence electrons. The number of hydrogen-bond acceptors (Lipinski definition) is 4. The molecule has 1 heterocycles. The molecule has 11 heavy (non-hydrogen) atoms. The molecule has 0 bridgehead atoms. The Labute approximate surface area is 64.7 Å². The molecule has 0 saturated heterocycles. The van der Waals surface area contributed by atoms with E-state index in [0.29, 0.717) is 0 Å². The molecule has 1 aliphatic rings. The monoisotopic (exact) mass is 148 g/mol. The summed E-state index contributed by atoms with van der Waals surface area (Å²) in [4.78, 5) is 0. The fourth-order valence-electron chi connectivity index (χ4n) is 0.558. The van der Waals surface area contributed by atoms with Crippen LogP contribution in [-0.4, -0.2) is 20.6 Å². The number of rotatable bonds is 0. The Morgan fingerprint density at radius 1 is 0.818 bits per heavy atom. The van der Waals surface area contributed by atoms with Crippen LogP contribution in [0.5, 0.6) is 0 Å². The fourth-order valence-corrected chi connectivity index (χ4v) is 0.558. The Hall–Kier alpha value is -1.58. The molecule has 1 aromatic heterocycles. The summed E-state index contributed by atoms with van der Waals surface area (Å²) in [6, 6.07) is 0. The second-order valence-corrected chi connectivity index (χ2v) is 1.80. The maximum atomic E-state index is 3.36. The number of aromatic nitrogens is 4. The lowest BCUT2D eigenvalue weighted by Gasteiger charge is -1.67. The van der Waals surface area contributed by atoms with Gasteiger partial charge in [-0.3, -0.25) is 0 Å². The molecule has 0 unspecified atom stereocenters. The normalized spacial score (nSPS) is 12.4. The molecule has 0 aromatic carbocycles. The van der Waals surface area contributed by atoms with Crippen LogP contribution in [0, 0.1) is 0 Å². The maximum absolute atomic E-state index is 3.36. The van der Waals surface area contributed by atoms with E-state index in [4.69, 9.17) is 0 Å². The largest absolute Gasteiger partial charge is 0.136 e. The van der Waals surface area contributed by atoms with Crippen molar-refractivity contribution in [3.05, 3.63) is 36.7 Å². The van der Waals surface area contributed by atoms with Crippen LogP contribution in [-0.2, 0) is 0 Å². The molecule has 0 amide bonds. The van der Waals surface area contributed by atoms with E-state index >= 15 is 0 Å². The predicted octanol–water partition coefficient (Wildman–Crippen LogP) is 0.769. The quantitative estimate of drug-likeness (QED) is 0.545. The number of nitrogens with zero attached hydrogens (tertiary/aromatic N) is 4. The number of hydrogen-bond donors (Lipinski definition) is 0. The van der Waals surface area contributed by atoms with Gasteiger partial charge in [-0.2, -0.15) is 0 Å². The van der Waals surface area contributed by atoms with Crippen molar-refractivity contribution >= 4 is 0 Å². The molecule has 0 spiro atoms. The van der Waals surface area contributed by atoms with Crippen molar-refractivity contribution in [1.82, 2.24) is 20.6 Å². The average Bonchev–Trinajstić information content (AvgIpc) is 2.64. The van der Waals surface area contributed by atoms with Crippen LogP contribution in [0.3, 0.4) is 0 Å². The highest BCUT2D eigenvalue weighted by atomic mass is 15.4. The topological polar surface area (TPSA) is 51.6 Å². The molecular weight excluding hydrogens is 140 g/mol. The van der Waals surface area contributed by atoms with Crippen LogP contribution in [0.2, 0.25) is 0 Å². The highest BCUT2D eigenvalue weighted by Gasteiger charge is 1.72. The second kappa shape index (κ2) is 5.22. The molecule has 0 fully saturated rings. The molecule has 2 rings (SSSR count). The molecule has 0 radical (unpaired) electrons. The van der Waals surface area contributed by atoms with Crippen LogP contribution in [0.25, 0.3) is 0 Å². The second-order valence-electron chi connectivity index (χ2n) is 1.80. The van der Waals surface area contributed by atoms with Gasteiger partial charge in [0.15, 0.2) is 0 Å². The fraction of sp³-hybridized carbons (Fsp3) is 0.143. The van der Waals surface area contributed by atoms with E-state index in [1.165, 1.54) is 12.4 Å². The summed E-state index contributed by atoms with van der Waals surface area (Å²) in [6.45, 7) is 0. The Morgan fingerprint density at radius 2 is 1.36 bits per heavy atom. The van der Waals surface area contributed by atoms with Gasteiger partial charge in [0, 0.05) is 0 Å². The summed E-state index contributed by atoms with van der Waals surface area (Å²) in [6.07, 6.45) is 12.4. The lowest BCUT2D eigenvalue weighted by Crippen LogP contribution is -1.84. The summed E-state index contributed by atoms with van der Waals surface area (Å²) < 4.78 is 0. The number of allylic oxidation sites excluding steroid dienone is 4. The van der Waals surface area contributed by atoms with E-state index in [1.807, 2.05) is 0 Å². The van der Waals surface area contributed by atoms with Crippen LogP contribution in [0.15, 0.2) is 36.7 Å². The van der Waals surface area contributed by atoms with Crippen LogP contribution >= 0.6 is 0 Å². The third kappa shape index (κ3) is 3.91. The predicted molar refractivity (Wildman–Crippen MR) is 40.5 cm³/mol. The molecule has 4 nitrogen and oxygen atoms in total. The van der Waals surface area contributed by atoms with Crippen molar-refractivity contribution in [3.8, 4) is 0 Å². The average molecular weight is 148 g/mol. The van der Waals surface area contributed by atoms with E-state index in [0.717, 1.165) is 6.42 Å². The molecule has 0 aliphatic heterocycles. The van der Waals surface area contributed by atoms with Crippen molar-refractivity contribution in [2.24, 2.45) is 0 Å². The van der Waals surface area contributed by atoms with Gasteiger partial charge >= 0.3 is 0 Å². The van der Waals surface area contributed by atoms with Crippen LogP contribution in [0.1, 0.15) is 6.42 Å². The summed E-state index contributed by atoms with van der Waals surface area (Å²) >= 11 is 0. The summed E-state index contributed by atoms with van der Waals surface area (Å²) in [5.41, 5.74) is 0. The van der Waals surface area contributed by atoms with E-state index < -0.39 is 0 Å². The van der Waals surface area contributed by atoms with Crippen molar-refractivity contribution in [2.45, 2.75) is 6.42 Å². The van der Waals surface area contributed by atoms with E-state index in [-0.39, 0.29) is 0 Å². The zero-order valence-corrected chi connectivity index (χ0v) is 5.96. The smallest absolute Gasteiger partial charge is 0.0716 e. The van der Waals surface area contributed by atoms with Gasteiger partial charge in [-0.05, 0) is 16.8 Å². The maximum Gasteiger partial charge on any atom is 0.0716 e. The minimum absolute atomic E-state index is 1.14. The third-order valence-corrected chi connectivity index (χ3v) is 0.999. The van der Waals surface area contributed by atoms with E-state index in [9.17, 15) is 0 Å². The lowest BCUT2D eigenvalue weighted by molar-refractivity contribution is 0.761. The van der Waals surface area contributed by atoms with Gasteiger partial charge in [-0.25, -0.2) is 0 Å². The van der Waals surface area contributed by atoms with E-state index in [2.05, 4.69) is 44.9 Å². The minimum atomic E-state index is 1.14. The summed E-state index contributed by atoms with van der Waals surface area (Å²) in [5, 5.41) is 13.1. The first-order valence-electron chi connectivity index (χ1n) is 3.27. The van der Waals surface area contributed by atoms with Crippen LogP contribution < -0.4 is 0 Å². The zero-order chi connectivity index (χ0) is 7.78. The van der Waals surface area contributed by atoms with Gasteiger partial charge in [0.05, 0.1) is 12.4 Å². The first-order chi connectivity index (χ1) is 5.50. The molecule has 1 aliphatic carbocycles. The van der Waals surface area contributed by atoms with Crippen molar-refractivity contribution in [1.29, 1.82) is 0 Å². The highest BCUT2D eigenvalue weighted by Crippen LogP contribution is 1.93. The molecular formula is C7H8N4. The Balaban J connectivity index is 0.000000112. The van der Waals surface area contributed by atoms with Gasteiger partial charge in [-0.15, -0.1) is 10.2 Å².